The lowest BCUT2D eigenvalue weighted by atomic mass is 10.2. The number of carbonyl (C=O) groups excluding carboxylic acids is 1. The predicted molar refractivity (Wildman–Crippen MR) is 109 cm³/mol. The fourth-order valence-electron chi connectivity index (χ4n) is 3.53. The number of aromatic nitrogens is 4. The quantitative estimate of drug-likeness (QED) is 0.558. The van der Waals surface area contributed by atoms with Crippen molar-refractivity contribution in [1.29, 1.82) is 0 Å². The lowest BCUT2D eigenvalue weighted by Crippen LogP contribution is -2.50. The molecule has 162 valence electrons. The summed E-state index contributed by atoms with van der Waals surface area (Å²) >= 11 is 1.29. The van der Waals surface area contributed by atoms with Gasteiger partial charge in [-0.2, -0.15) is 4.31 Å². The molecular weight excluding hydrogens is 428 g/mol. The third kappa shape index (κ3) is 4.82. The molecule has 0 radical (unpaired) electrons. The summed E-state index contributed by atoms with van der Waals surface area (Å²) in [5.41, 5.74) is 0. The number of rotatable bonds is 7. The van der Waals surface area contributed by atoms with Gasteiger partial charge in [0.15, 0.2) is 0 Å². The third-order valence-electron chi connectivity index (χ3n) is 5.20. The maximum Gasteiger partial charge on any atom is 0.243 e. The zero-order valence-corrected chi connectivity index (χ0v) is 18.1. The van der Waals surface area contributed by atoms with Gasteiger partial charge in [-0.3, -0.25) is 4.79 Å². The topological polar surface area (TPSA) is 111 Å². The number of amides is 1. The predicted octanol–water partition coefficient (Wildman–Crippen LogP) is 0.477. The average molecular weight is 453 g/mol. The number of benzene rings is 1. The van der Waals surface area contributed by atoms with E-state index in [0.29, 0.717) is 24.8 Å². The highest BCUT2D eigenvalue weighted by molar-refractivity contribution is 7.99. The Balaban J connectivity index is 1.28. The van der Waals surface area contributed by atoms with Crippen molar-refractivity contribution in [2.45, 2.75) is 35.5 Å². The normalized spacial score (nSPS) is 20.5. The summed E-state index contributed by atoms with van der Waals surface area (Å²) in [6.07, 6.45) is 2.14. The van der Waals surface area contributed by atoms with Crippen LogP contribution < -0.4 is 0 Å². The van der Waals surface area contributed by atoms with Crippen molar-refractivity contribution < 1.29 is 17.9 Å². The zero-order chi connectivity index (χ0) is 21.0. The molecular formula is C18H24N6O4S2. The molecule has 1 atom stereocenters. The minimum absolute atomic E-state index is 0.0524. The summed E-state index contributed by atoms with van der Waals surface area (Å²) < 4.78 is 34.1. The van der Waals surface area contributed by atoms with E-state index in [0.717, 1.165) is 19.4 Å². The molecule has 2 aliphatic rings. The third-order valence-corrected chi connectivity index (χ3v) is 8.05. The van der Waals surface area contributed by atoms with Crippen molar-refractivity contribution in [3.05, 3.63) is 30.3 Å². The lowest BCUT2D eigenvalue weighted by molar-refractivity contribution is -0.129. The van der Waals surface area contributed by atoms with Crippen molar-refractivity contribution in [1.82, 2.24) is 29.4 Å². The zero-order valence-electron chi connectivity index (χ0n) is 16.5. The Morgan fingerprint density at radius 1 is 1.17 bits per heavy atom. The molecule has 0 aliphatic carbocycles. The Kier molecular flexibility index (Phi) is 6.66. The number of hydrogen-bond donors (Lipinski definition) is 0. The van der Waals surface area contributed by atoms with Gasteiger partial charge in [0.1, 0.15) is 0 Å². The van der Waals surface area contributed by atoms with Gasteiger partial charge in [0.2, 0.25) is 21.1 Å². The molecule has 2 aliphatic heterocycles. The van der Waals surface area contributed by atoms with Gasteiger partial charge in [0.25, 0.3) is 0 Å². The van der Waals surface area contributed by atoms with Gasteiger partial charge >= 0.3 is 0 Å². The van der Waals surface area contributed by atoms with Crippen LogP contribution in [0.2, 0.25) is 0 Å². The summed E-state index contributed by atoms with van der Waals surface area (Å²) in [5.74, 6) is 0.153. The van der Waals surface area contributed by atoms with Gasteiger partial charge in [-0.15, -0.1) is 5.10 Å². The monoisotopic (exact) mass is 452 g/mol. The summed E-state index contributed by atoms with van der Waals surface area (Å²) in [5, 5.41) is 12.3. The van der Waals surface area contributed by atoms with Gasteiger partial charge in [-0.05, 0) is 35.4 Å². The lowest BCUT2D eigenvalue weighted by Gasteiger charge is -2.34. The van der Waals surface area contributed by atoms with Gasteiger partial charge in [0, 0.05) is 32.8 Å². The number of sulfonamides is 1. The van der Waals surface area contributed by atoms with E-state index in [9.17, 15) is 13.2 Å². The first kappa shape index (κ1) is 21.2. The molecule has 1 amide bonds. The fraction of sp³-hybridized carbons (Fsp3) is 0.556. The van der Waals surface area contributed by atoms with Crippen molar-refractivity contribution in [2.75, 3.05) is 38.5 Å². The second kappa shape index (κ2) is 9.41. The van der Waals surface area contributed by atoms with Gasteiger partial charge in [-0.1, -0.05) is 30.0 Å². The number of thioether (sulfide) groups is 1. The second-order valence-electron chi connectivity index (χ2n) is 7.17. The molecule has 0 N–H and O–H groups in total. The van der Waals surface area contributed by atoms with E-state index in [4.69, 9.17) is 4.74 Å². The van der Waals surface area contributed by atoms with Crippen LogP contribution in [0.4, 0.5) is 0 Å². The van der Waals surface area contributed by atoms with E-state index in [1.54, 1.807) is 39.9 Å². The number of piperazine rings is 1. The molecule has 1 unspecified atom stereocenters. The molecule has 0 spiro atoms. The molecule has 2 aromatic rings. The highest BCUT2D eigenvalue weighted by Crippen LogP contribution is 2.20. The number of carbonyl (C=O) groups is 1. The molecule has 0 saturated carbocycles. The minimum atomic E-state index is -3.53. The van der Waals surface area contributed by atoms with Crippen LogP contribution in [-0.4, -0.2) is 88.4 Å². The molecule has 1 aromatic heterocycles. The van der Waals surface area contributed by atoms with Gasteiger partial charge in [-0.25, -0.2) is 13.1 Å². The molecule has 4 rings (SSSR count). The Hall–Kier alpha value is -2.02. The van der Waals surface area contributed by atoms with Crippen molar-refractivity contribution in [3.8, 4) is 0 Å². The summed E-state index contributed by atoms with van der Waals surface area (Å²) in [4.78, 5) is 14.6. The van der Waals surface area contributed by atoms with Gasteiger partial charge < -0.3 is 9.64 Å². The molecule has 10 nitrogen and oxygen atoms in total. The molecule has 2 saturated heterocycles. The van der Waals surface area contributed by atoms with Crippen LogP contribution in [0.25, 0.3) is 0 Å². The SMILES string of the molecule is O=C(CSc1nnnn1CC1CCCO1)N1CCN(S(=O)(=O)c2ccccc2)CC1. The number of ether oxygens (including phenoxy) is 1. The Labute approximate surface area is 179 Å². The molecule has 0 bridgehead atoms. The first-order valence-corrected chi connectivity index (χ1v) is 12.3. The van der Waals surface area contributed by atoms with E-state index in [1.165, 1.54) is 16.1 Å². The highest BCUT2D eigenvalue weighted by atomic mass is 32.2. The molecule has 2 fully saturated rings. The summed E-state index contributed by atoms with van der Waals surface area (Å²) in [7, 11) is -3.53. The van der Waals surface area contributed by atoms with Crippen LogP contribution in [-0.2, 0) is 26.1 Å². The van der Waals surface area contributed by atoms with Crippen LogP contribution in [0.3, 0.4) is 0 Å². The van der Waals surface area contributed by atoms with Crippen molar-refractivity contribution >= 4 is 27.7 Å². The van der Waals surface area contributed by atoms with E-state index >= 15 is 0 Å². The highest BCUT2D eigenvalue weighted by Gasteiger charge is 2.30. The van der Waals surface area contributed by atoms with Crippen LogP contribution >= 0.6 is 11.8 Å². The molecule has 12 heteroatoms. The summed E-state index contributed by atoms with van der Waals surface area (Å²) in [6, 6.07) is 8.37. The van der Waals surface area contributed by atoms with E-state index in [-0.39, 0.29) is 35.7 Å². The molecule has 1 aromatic carbocycles. The van der Waals surface area contributed by atoms with Gasteiger partial charge in [0.05, 0.1) is 23.3 Å². The van der Waals surface area contributed by atoms with E-state index < -0.39 is 10.0 Å². The fourth-order valence-corrected chi connectivity index (χ4v) is 5.77. The Bertz CT molecular complexity index is 954. The summed E-state index contributed by atoms with van der Waals surface area (Å²) in [6.45, 7) is 2.65. The first-order valence-electron chi connectivity index (χ1n) is 9.87. The van der Waals surface area contributed by atoms with E-state index in [1.807, 2.05) is 0 Å². The average Bonchev–Trinajstić information content (AvgIpc) is 3.45. The van der Waals surface area contributed by atoms with Crippen LogP contribution in [0.5, 0.6) is 0 Å². The van der Waals surface area contributed by atoms with Crippen molar-refractivity contribution in [3.63, 3.8) is 0 Å². The largest absolute Gasteiger partial charge is 0.376 e. The van der Waals surface area contributed by atoms with Crippen molar-refractivity contribution in [2.24, 2.45) is 0 Å². The Morgan fingerprint density at radius 3 is 2.63 bits per heavy atom. The number of hydrogen-bond acceptors (Lipinski definition) is 8. The Morgan fingerprint density at radius 2 is 1.93 bits per heavy atom. The van der Waals surface area contributed by atoms with Crippen LogP contribution in [0.15, 0.2) is 40.4 Å². The molecule has 30 heavy (non-hydrogen) atoms. The second-order valence-corrected chi connectivity index (χ2v) is 10.0. The van der Waals surface area contributed by atoms with Crippen LogP contribution in [0.1, 0.15) is 12.8 Å². The maximum atomic E-state index is 12.7. The molecule has 3 heterocycles. The minimum Gasteiger partial charge on any atom is -0.376 e. The standard InChI is InChI=1S/C18H24N6O4S2/c25-17(14-29-18-19-20-21-24(18)13-15-5-4-12-28-15)22-8-10-23(11-9-22)30(26,27)16-6-2-1-3-7-16/h1-3,6-7,15H,4-5,8-14H2. The first-order chi connectivity index (χ1) is 14.5. The number of nitrogens with zero attached hydrogens (tertiary/aromatic N) is 6. The van der Waals surface area contributed by atoms with E-state index in [2.05, 4.69) is 15.5 Å². The smallest absolute Gasteiger partial charge is 0.243 e. The number of tetrazole rings is 1. The maximum absolute atomic E-state index is 12.7. The van der Waals surface area contributed by atoms with Crippen LogP contribution in [0, 0.1) is 0 Å².